The third-order valence-corrected chi connectivity index (χ3v) is 7.53. The molecule has 3 aromatic rings. The van der Waals surface area contributed by atoms with Crippen LogP contribution in [0.5, 0.6) is 0 Å². The van der Waals surface area contributed by atoms with Crippen LogP contribution in [0.4, 0.5) is 0 Å². The standard InChI is InChI=1S/C21H24N2O4S/c1-13-21(14(2)27-23-13)16-10-19-18(4-3-9-22-19)20(11-16)28(25,26)12-15-5-7-17(24)8-6-15/h3-4,9-11,15,17,24H,5-8,12H2,1-2H3. The van der Waals surface area contributed by atoms with Crippen molar-refractivity contribution >= 4 is 20.7 Å². The van der Waals surface area contributed by atoms with Crippen molar-refractivity contribution in [3.63, 3.8) is 0 Å². The predicted molar refractivity (Wildman–Crippen MR) is 107 cm³/mol. The number of aliphatic hydroxyl groups is 1. The molecule has 1 saturated carbocycles. The molecule has 6 nitrogen and oxygen atoms in total. The van der Waals surface area contributed by atoms with Crippen LogP contribution < -0.4 is 0 Å². The lowest BCUT2D eigenvalue weighted by Crippen LogP contribution is -2.24. The van der Waals surface area contributed by atoms with Gasteiger partial charge in [-0.25, -0.2) is 8.42 Å². The minimum atomic E-state index is -3.52. The zero-order chi connectivity index (χ0) is 19.9. The van der Waals surface area contributed by atoms with Crippen LogP contribution >= 0.6 is 0 Å². The topological polar surface area (TPSA) is 93.3 Å². The third kappa shape index (κ3) is 3.56. The molecule has 0 aliphatic heterocycles. The van der Waals surface area contributed by atoms with Crippen molar-refractivity contribution in [2.75, 3.05) is 5.75 Å². The summed E-state index contributed by atoms with van der Waals surface area (Å²) in [6.07, 6.45) is 4.17. The first-order valence-corrected chi connectivity index (χ1v) is 11.2. The summed E-state index contributed by atoms with van der Waals surface area (Å²) in [5.41, 5.74) is 2.92. The first-order chi connectivity index (χ1) is 13.3. The molecule has 1 N–H and O–H groups in total. The second-order valence-corrected chi connectivity index (χ2v) is 9.70. The van der Waals surface area contributed by atoms with E-state index in [0.717, 1.165) is 29.7 Å². The highest BCUT2D eigenvalue weighted by Crippen LogP contribution is 2.35. The molecule has 1 aromatic carbocycles. The number of hydrogen-bond acceptors (Lipinski definition) is 6. The van der Waals surface area contributed by atoms with Crippen molar-refractivity contribution in [2.45, 2.75) is 50.5 Å². The van der Waals surface area contributed by atoms with Gasteiger partial charge in [-0.15, -0.1) is 0 Å². The maximum absolute atomic E-state index is 13.4. The van der Waals surface area contributed by atoms with Gasteiger partial charge in [-0.3, -0.25) is 4.98 Å². The van der Waals surface area contributed by atoms with E-state index in [2.05, 4.69) is 10.1 Å². The summed E-state index contributed by atoms with van der Waals surface area (Å²) in [5.74, 6) is 0.814. The van der Waals surface area contributed by atoms with E-state index in [9.17, 15) is 13.5 Å². The third-order valence-electron chi connectivity index (χ3n) is 5.61. The largest absolute Gasteiger partial charge is 0.393 e. The van der Waals surface area contributed by atoms with Gasteiger partial charge in [0.25, 0.3) is 0 Å². The van der Waals surface area contributed by atoms with Crippen molar-refractivity contribution in [2.24, 2.45) is 5.92 Å². The lowest BCUT2D eigenvalue weighted by Gasteiger charge is -2.25. The highest BCUT2D eigenvalue weighted by molar-refractivity contribution is 7.91. The number of pyridine rings is 1. The monoisotopic (exact) mass is 400 g/mol. The molecule has 1 aliphatic carbocycles. The van der Waals surface area contributed by atoms with Gasteiger partial charge in [-0.2, -0.15) is 0 Å². The van der Waals surface area contributed by atoms with Crippen molar-refractivity contribution in [1.82, 2.24) is 10.1 Å². The molecular weight excluding hydrogens is 376 g/mol. The van der Waals surface area contributed by atoms with Crippen molar-refractivity contribution in [1.29, 1.82) is 0 Å². The molecule has 2 heterocycles. The summed E-state index contributed by atoms with van der Waals surface area (Å²) >= 11 is 0. The van der Waals surface area contributed by atoms with Gasteiger partial charge in [0.15, 0.2) is 9.84 Å². The van der Waals surface area contributed by atoms with E-state index in [1.54, 1.807) is 24.4 Å². The molecule has 7 heteroatoms. The maximum Gasteiger partial charge on any atom is 0.179 e. The Labute approximate surface area is 164 Å². The Morgan fingerprint density at radius 3 is 2.61 bits per heavy atom. The molecule has 0 amide bonds. The molecule has 4 rings (SSSR count). The van der Waals surface area contributed by atoms with Gasteiger partial charge in [0.1, 0.15) is 5.76 Å². The molecule has 1 aliphatic rings. The van der Waals surface area contributed by atoms with E-state index in [0.29, 0.717) is 34.4 Å². The molecule has 2 aromatic heterocycles. The van der Waals surface area contributed by atoms with Gasteiger partial charge in [0.2, 0.25) is 0 Å². The molecular formula is C21H24N2O4S. The number of benzene rings is 1. The number of sulfone groups is 1. The van der Waals surface area contributed by atoms with Crippen LogP contribution in [0, 0.1) is 19.8 Å². The van der Waals surface area contributed by atoms with E-state index < -0.39 is 9.84 Å². The lowest BCUT2D eigenvalue weighted by atomic mass is 9.89. The van der Waals surface area contributed by atoms with Crippen LogP contribution in [0.1, 0.15) is 37.1 Å². The van der Waals surface area contributed by atoms with Crippen LogP contribution in [-0.4, -0.2) is 35.5 Å². The maximum atomic E-state index is 13.4. The number of aromatic nitrogens is 2. The average Bonchev–Trinajstić information content (AvgIpc) is 3.01. The van der Waals surface area contributed by atoms with Crippen LogP contribution in [0.3, 0.4) is 0 Å². The highest BCUT2D eigenvalue weighted by Gasteiger charge is 2.28. The molecule has 0 saturated heterocycles. The van der Waals surface area contributed by atoms with Gasteiger partial charge in [0.05, 0.1) is 28.0 Å². The Bertz CT molecular complexity index is 1090. The summed E-state index contributed by atoms with van der Waals surface area (Å²) in [4.78, 5) is 4.70. The van der Waals surface area contributed by atoms with E-state index in [4.69, 9.17) is 4.52 Å². The van der Waals surface area contributed by atoms with Crippen molar-refractivity contribution < 1.29 is 18.0 Å². The van der Waals surface area contributed by atoms with Crippen molar-refractivity contribution in [3.05, 3.63) is 41.9 Å². The van der Waals surface area contributed by atoms with Gasteiger partial charge in [-0.05, 0) is 75.3 Å². The fraction of sp³-hybridized carbons (Fsp3) is 0.429. The Morgan fingerprint density at radius 1 is 1.18 bits per heavy atom. The van der Waals surface area contributed by atoms with Crippen LogP contribution in [0.15, 0.2) is 39.9 Å². The van der Waals surface area contributed by atoms with Crippen LogP contribution in [0.2, 0.25) is 0 Å². The quantitative estimate of drug-likeness (QED) is 0.715. The van der Waals surface area contributed by atoms with Gasteiger partial charge in [0, 0.05) is 17.1 Å². The molecule has 0 unspecified atom stereocenters. The first kappa shape index (κ1) is 19.1. The minimum Gasteiger partial charge on any atom is -0.393 e. The van der Waals surface area contributed by atoms with E-state index >= 15 is 0 Å². The number of fused-ring (bicyclic) bond motifs is 1. The summed E-state index contributed by atoms with van der Waals surface area (Å²) in [6.45, 7) is 3.66. The Balaban J connectivity index is 1.81. The smallest absolute Gasteiger partial charge is 0.179 e. The first-order valence-electron chi connectivity index (χ1n) is 9.58. The highest BCUT2D eigenvalue weighted by atomic mass is 32.2. The number of hydrogen-bond donors (Lipinski definition) is 1. The SMILES string of the molecule is Cc1noc(C)c1-c1cc(S(=O)(=O)CC2CCC(O)CC2)c2cccnc2c1. The average molecular weight is 401 g/mol. The zero-order valence-electron chi connectivity index (χ0n) is 16.1. The normalized spacial score (nSPS) is 20.5. The Morgan fingerprint density at radius 2 is 1.93 bits per heavy atom. The van der Waals surface area contributed by atoms with Gasteiger partial charge in [-0.1, -0.05) is 5.16 Å². The lowest BCUT2D eigenvalue weighted by molar-refractivity contribution is 0.113. The molecule has 0 atom stereocenters. The van der Waals surface area contributed by atoms with Crippen molar-refractivity contribution in [3.8, 4) is 11.1 Å². The van der Waals surface area contributed by atoms with Gasteiger partial charge < -0.3 is 9.63 Å². The molecule has 0 spiro atoms. The number of aryl methyl sites for hydroxylation is 2. The minimum absolute atomic E-state index is 0.0721. The molecule has 0 radical (unpaired) electrons. The summed E-state index contributed by atoms with van der Waals surface area (Å²) in [6, 6.07) is 7.17. The zero-order valence-corrected chi connectivity index (χ0v) is 16.9. The van der Waals surface area contributed by atoms with E-state index in [1.807, 2.05) is 19.9 Å². The number of nitrogens with zero attached hydrogens (tertiary/aromatic N) is 2. The summed E-state index contributed by atoms with van der Waals surface area (Å²) < 4.78 is 32.0. The molecule has 28 heavy (non-hydrogen) atoms. The fourth-order valence-electron chi connectivity index (χ4n) is 4.16. The molecule has 1 fully saturated rings. The second-order valence-electron chi connectivity index (χ2n) is 7.70. The van der Waals surface area contributed by atoms with Crippen LogP contribution in [-0.2, 0) is 9.84 Å². The molecule has 148 valence electrons. The Hall–Kier alpha value is -2.25. The fourth-order valence-corrected chi connectivity index (χ4v) is 6.10. The van der Waals surface area contributed by atoms with Crippen LogP contribution in [0.25, 0.3) is 22.0 Å². The second kappa shape index (κ2) is 7.29. The number of aliphatic hydroxyl groups excluding tert-OH is 1. The number of rotatable bonds is 4. The summed E-state index contributed by atoms with van der Waals surface area (Å²) in [5, 5.41) is 14.3. The van der Waals surface area contributed by atoms with E-state index in [-0.39, 0.29) is 17.8 Å². The Kier molecular flexibility index (Phi) is 4.97. The van der Waals surface area contributed by atoms with Gasteiger partial charge >= 0.3 is 0 Å². The van der Waals surface area contributed by atoms with E-state index in [1.165, 1.54) is 0 Å². The predicted octanol–water partition coefficient (Wildman–Crippen LogP) is 3.83. The summed E-state index contributed by atoms with van der Waals surface area (Å²) in [7, 11) is -3.52. The molecule has 0 bridgehead atoms.